The third-order valence-electron chi connectivity index (χ3n) is 6.66. The number of piperidine rings is 1. The van der Waals surface area contributed by atoms with E-state index in [1.54, 1.807) is 41.1 Å². The second kappa shape index (κ2) is 12.1. The molecule has 1 aliphatic rings. The van der Waals surface area contributed by atoms with Crippen molar-refractivity contribution in [3.05, 3.63) is 89.5 Å². The molecule has 226 valence electrons. The number of aromatic nitrogens is 3. The lowest BCUT2D eigenvalue weighted by Gasteiger charge is -2.33. The molecule has 9 nitrogen and oxygen atoms in total. The fraction of sp³-hybridized carbons (Fsp3) is 0.276. The number of nitrogens with zero attached hydrogens (tertiary/aromatic N) is 3. The van der Waals surface area contributed by atoms with Crippen LogP contribution >= 0.6 is 0 Å². The standard InChI is InChI=1S/C29H28F4N6O3S/c1-17-5-7-18(8-6-17)15-43(40,41)39-26-21(30)12-23(24(31)25(26)32)42-27-20(4-3-10-35-27)22-9-11-36-28(38-22)37-19-13-29(2,33)16-34-14-19/h3-12,19,34,39H,13-16H2,1-2H3,(H,36,37,38)/t19-,29-/m0/s1. The number of ether oxygens (including phenoxy) is 1. The molecule has 0 aliphatic carbocycles. The molecule has 0 saturated carbocycles. The Morgan fingerprint density at radius 1 is 1.07 bits per heavy atom. The van der Waals surface area contributed by atoms with Gasteiger partial charge in [0.05, 0.1) is 17.0 Å². The van der Waals surface area contributed by atoms with Crippen LogP contribution in [0.1, 0.15) is 24.5 Å². The third-order valence-corrected chi connectivity index (χ3v) is 7.89. The number of anilines is 2. The van der Waals surface area contributed by atoms with Crippen LogP contribution in [-0.4, -0.2) is 48.2 Å². The van der Waals surface area contributed by atoms with E-state index in [1.807, 2.05) is 6.92 Å². The predicted molar refractivity (Wildman–Crippen MR) is 153 cm³/mol. The molecule has 43 heavy (non-hydrogen) atoms. The maximum atomic E-state index is 15.1. The highest BCUT2D eigenvalue weighted by molar-refractivity contribution is 7.91. The number of hydrogen-bond acceptors (Lipinski definition) is 8. The number of pyridine rings is 1. The molecule has 4 aromatic rings. The van der Waals surface area contributed by atoms with Crippen LogP contribution in [0.25, 0.3) is 11.3 Å². The summed E-state index contributed by atoms with van der Waals surface area (Å²) in [4.78, 5) is 12.7. The monoisotopic (exact) mass is 616 g/mol. The van der Waals surface area contributed by atoms with Crippen molar-refractivity contribution < 1.29 is 30.7 Å². The molecule has 0 radical (unpaired) electrons. The van der Waals surface area contributed by atoms with Gasteiger partial charge in [0.1, 0.15) is 11.4 Å². The second-order valence-corrected chi connectivity index (χ2v) is 12.2. The average molecular weight is 617 g/mol. The number of alkyl halides is 1. The number of rotatable bonds is 9. The Morgan fingerprint density at radius 3 is 2.58 bits per heavy atom. The zero-order valence-corrected chi connectivity index (χ0v) is 24.0. The van der Waals surface area contributed by atoms with Crippen molar-refractivity contribution in [3.63, 3.8) is 0 Å². The summed E-state index contributed by atoms with van der Waals surface area (Å²) in [5.74, 6) is -6.28. The lowest BCUT2D eigenvalue weighted by atomic mass is 9.95. The van der Waals surface area contributed by atoms with E-state index in [0.717, 1.165) is 5.56 Å². The Bertz CT molecular complexity index is 1740. The van der Waals surface area contributed by atoms with E-state index in [2.05, 4.69) is 25.6 Å². The van der Waals surface area contributed by atoms with E-state index >= 15 is 4.39 Å². The Hall–Kier alpha value is -4.30. The topological polar surface area (TPSA) is 118 Å². The molecule has 0 unspecified atom stereocenters. The summed E-state index contributed by atoms with van der Waals surface area (Å²) in [7, 11) is -4.29. The van der Waals surface area contributed by atoms with E-state index in [1.165, 1.54) is 25.4 Å². The van der Waals surface area contributed by atoms with Crippen molar-refractivity contribution in [2.45, 2.75) is 37.7 Å². The summed E-state index contributed by atoms with van der Waals surface area (Å²) in [6.45, 7) is 4.06. The van der Waals surface area contributed by atoms with Crippen molar-refractivity contribution in [2.24, 2.45) is 0 Å². The lowest BCUT2D eigenvalue weighted by Crippen LogP contribution is -2.50. The van der Waals surface area contributed by atoms with Crippen molar-refractivity contribution >= 4 is 21.7 Å². The first-order valence-electron chi connectivity index (χ1n) is 13.3. The van der Waals surface area contributed by atoms with Gasteiger partial charge in [-0.25, -0.2) is 36.5 Å². The molecule has 0 bridgehead atoms. The van der Waals surface area contributed by atoms with Gasteiger partial charge in [-0.3, -0.25) is 4.72 Å². The maximum Gasteiger partial charge on any atom is 0.237 e. The molecular formula is C29H28F4N6O3S. The summed E-state index contributed by atoms with van der Waals surface area (Å²) < 4.78 is 91.9. The van der Waals surface area contributed by atoms with Crippen LogP contribution in [0, 0.1) is 24.4 Å². The highest BCUT2D eigenvalue weighted by Crippen LogP contribution is 2.36. The van der Waals surface area contributed by atoms with Crippen LogP contribution in [0.4, 0.5) is 29.2 Å². The first-order valence-corrected chi connectivity index (χ1v) is 14.9. The van der Waals surface area contributed by atoms with Crippen LogP contribution in [0.15, 0.2) is 60.9 Å². The molecular weight excluding hydrogens is 588 g/mol. The Labute approximate surface area is 245 Å². The van der Waals surface area contributed by atoms with Crippen LogP contribution in [0.5, 0.6) is 11.6 Å². The van der Waals surface area contributed by atoms with Gasteiger partial charge in [-0.1, -0.05) is 29.8 Å². The molecule has 1 fully saturated rings. The SMILES string of the molecule is Cc1ccc(CS(=O)(=O)Nc2c(F)cc(Oc3ncccc3-c3ccnc(N[C@@H]4CNC[C@@](C)(F)C4)n3)c(F)c2F)cc1. The lowest BCUT2D eigenvalue weighted by molar-refractivity contribution is 0.137. The number of halogens is 4. The van der Waals surface area contributed by atoms with Gasteiger partial charge >= 0.3 is 0 Å². The van der Waals surface area contributed by atoms with Gasteiger partial charge in [-0.2, -0.15) is 4.39 Å². The third kappa shape index (κ3) is 7.38. The van der Waals surface area contributed by atoms with Gasteiger partial charge in [-0.05, 0) is 37.6 Å². The minimum absolute atomic E-state index is 0.197. The fourth-order valence-electron chi connectivity index (χ4n) is 4.64. The number of aryl methyl sites for hydroxylation is 1. The van der Waals surface area contributed by atoms with Crippen molar-refractivity contribution in [1.82, 2.24) is 20.3 Å². The molecule has 3 heterocycles. The van der Waals surface area contributed by atoms with Crippen LogP contribution in [0.3, 0.4) is 0 Å². The molecule has 2 aromatic heterocycles. The van der Waals surface area contributed by atoms with E-state index in [-0.39, 0.29) is 42.1 Å². The molecule has 3 N–H and O–H groups in total. The van der Waals surface area contributed by atoms with Gasteiger partial charge < -0.3 is 15.4 Å². The minimum Gasteiger partial charge on any atom is -0.435 e. The summed E-state index contributed by atoms with van der Waals surface area (Å²) in [6.07, 6.45) is 3.01. The van der Waals surface area contributed by atoms with Crippen molar-refractivity contribution in [1.29, 1.82) is 0 Å². The first kappa shape index (κ1) is 30.2. The minimum atomic E-state index is -4.29. The van der Waals surface area contributed by atoms with E-state index in [0.29, 0.717) is 18.2 Å². The number of benzene rings is 2. The van der Waals surface area contributed by atoms with Gasteiger partial charge in [-0.15, -0.1) is 0 Å². The van der Waals surface area contributed by atoms with Gasteiger partial charge in [0, 0.05) is 44.0 Å². The fourth-order valence-corrected chi connectivity index (χ4v) is 5.84. The van der Waals surface area contributed by atoms with Crippen LogP contribution in [-0.2, 0) is 15.8 Å². The number of sulfonamides is 1. The van der Waals surface area contributed by atoms with Crippen LogP contribution in [0.2, 0.25) is 0 Å². The van der Waals surface area contributed by atoms with Gasteiger partial charge in [0.25, 0.3) is 0 Å². The molecule has 2 aromatic carbocycles. The van der Waals surface area contributed by atoms with Gasteiger partial charge in [0.15, 0.2) is 17.4 Å². The van der Waals surface area contributed by atoms with E-state index < -0.39 is 50.3 Å². The molecule has 5 rings (SSSR count). The normalized spacial score (nSPS) is 18.7. The Kier molecular flexibility index (Phi) is 8.51. The van der Waals surface area contributed by atoms with Crippen molar-refractivity contribution in [3.8, 4) is 22.9 Å². The van der Waals surface area contributed by atoms with Crippen molar-refractivity contribution in [2.75, 3.05) is 23.1 Å². The maximum absolute atomic E-state index is 15.1. The number of nitrogens with one attached hydrogen (secondary N) is 3. The summed E-state index contributed by atoms with van der Waals surface area (Å²) in [5, 5.41) is 6.09. The average Bonchev–Trinajstić information content (AvgIpc) is 2.95. The Morgan fingerprint density at radius 2 is 1.84 bits per heavy atom. The zero-order chi connectivity index (χ0) is 30.8. The largest absolute Gasteiger partial charge is 0.435 e. The molecule has 14 heteroatoms. The first-order chi connectivity index (χ1) is 20.4. The highest BCUT2D eigenvalue weighted by Gasteiger charge is 2.32. The van der Waals surface area contributed by atoms with E-state index in [9.17, 15) is 21.6 Å². The quantitative estimate of drug-likeness (QED) is 0.167. The molecule has 0 spiro atoms. The predicted octanol–water partition coefficient (Wildman–Crippen LogP) is 5.50. The molecule has 1 aliphatic heterocycles. The summed E-state index contributed by atoms with van der Waals surface area (Å²) in [5.41, 5.74) is -0.766. The second-order valence-electron chi connectivity index (χ2n) is 10.5. The molecule has 1 saturated heterocycles. The Balaban J connectivity index is 1.37. The molecule has 2 atom stereocenters. The van der Waals surface area contributed by atoms with Crippen LogP contribution < -0.4 is 20.1 Å². The number of hydrogen-bond donors (Lipinski definition) is 3. The highest BCUT2D eigenvalue weighted by atomic mass is 32.2. The smallest absolute Gasteiger partial charge is 0.237 e. The van der Waals surface area contributed by atoms with E-state index in [4.69, 9.17) is 4.74 Å². The summed E-state index contributed by atoms with van der Waals surface area (Å²) in [6, 6.07) is 11.4. The zero-order valence-electron chi connectivity index (χ0n) is 23.2. The molecule has 0 amide bonds. The van der Waals surface area contributed by atoms with Gasteiger partial charge in [0.2, 0.25) is 27.7 Å². The summed E-state index contributed by atoms with van der Waals surface area (Å²) >= 11 is 0.